The third-order valence-electron chi connectivity index (χ3n) is 4.14. The van der Waals surface area contributed by atoms with E-state index in [2.05, 4.69) is 8.92 Å². The summed E-state index contributed by atoms with van der Waals surface area (Å²) in [5.74, 6) is -0.345. The van der Waals surface area contributed by atoms with Crippen LogP contribution in [-0.2, 0) is 24.4 Å². The van der Waals surface area contributed by atoms with Crippen LogP contribution in [0.5, 0.6) is 5.75 Å². The maximum atomic E-state index is 13.0. The van der Waals surface area contributed by atoms with Gasteiger partial charge in [0.15, 0.2) is 5.75 Å². The Morgan fingerprint density at radius 2 is 1.69 bits per heavy atom. The molecule has 0 heterocycles. The van der Waals surface area contributed by atoms with Crippen molar-refractivity contribution in [2.24, 2.45) is 0 Å². The Morgan fingerprint density at radius 1 is 1.09 bits per heavy atom. The summed E-state index contributed by atoms with van der Waals surface area (Å²) in [5, 5.41) is 0.866. The first kappa shape index (κ1) is 27.7. The van der Waals surface area contributed by atoms with E-state index in [4.69, 9.17) is 4.74 Å². The van der Waals surface area contributed by atoms with Gasteiger partial charge in [0.25, 0.3) is 6.47 Å². The van der Waals surface area contributed by atoms with E-state index in [1.807, 2.05) is 0 Å². The van der Waals surface area contributed by atoms with Gasteiger partial charge in [-0.3, -0.25) is 4.79 Å². The zero-order valence-corrected chi connectivity index (χ0v) is 20.0. The third-order valence-corrected chi connectivity index (χ3v) is 5.10. The predicted molar refractivity (Wildman–Crippen MR) is 116 cm³/mol. The Kier molecular flexibility index (Phi) is 9.11. The van der Waals surface area contributed by atoms with E-state index in [1.165, 1.54) is 0 Å². The van der Waals surface area contributed by atoms with Gasteiger partial charge in [0.2, 0.25) is 0 Å². The molecule has 0 N–H and O–H groups in total. The molecule has 0 fully saturated rings. The monoisotopic (exact) mass is 478 g/mol. The van der Waals surface area contributed by atoms with Crippen molar-refractivity contribution in [1.29, 1.82) is 0 Å². The van der Waals surface area contributed by atoms with Crippen LogP contribution in [0.25, 0.3) is 10.8 Å². The molecule has 1 atom stereocenters. The molecular formula is C22H29F3O6S. The molecule has 0 saturated heterocycles. The number of benzene rings is 2. The summed E-state index contributed by atoms with van der Waals surface area (Å²) >= 11 is 0. The molecule has 0 aliphatic carbocycles. The Bertz CT molecular complexity index is 1040. The minimum atomic E-state index is -5.83. The van der Waals surface area contributed by atoms with Crippen LogP contribution in [0.1, 0.15) is 57.4 Å². The molecular weight excluding hydrogens is 449 g/mol. The maximum absolute atomic E-state index is 13.0. The van der Waals surface area contributed by atoms with Crippen LogP contribution in [0.3, 0.4) is 0 Å². The number of carbonyl (C=O) groups is 1. The first-order chi connectivity index (χ1) is 14.5. The molecule has 0 saturated carbocycles. The largest absolute Gasteiger partial charge is 0.534 e. The van der Waals surface area contributed by atoms with Crippen molar-refractivity contribution >= 4 is 27.4 Å². The van der Waals surface area contributed by atoms with Crippen molar-refractivity contribution in [3.63, 3.8) is 0 Å². The highest BCUT2D eigenvalue weighted by Crippen LogP contribution is 2.41. The van der Waals surface area contributed by atoms with Crippen molar-refractivity contribution in [2.45, 2.75) is 65.7 Å². The van der Waals surface area contributed by atoms with Crippen molar-refractivity contribution < 1.29 is 40.0 Å². The topological polar surface area (TPSA) is 78.9 Å². The Balaban J connectivity index is 0.000000920. The second kappa shape index (κ2) is 10.5. The quantitative estimate of drug-likeness (QED) is 0.299. The van der Waals surface area contributed by atoms with Crippen molar-refractivity contribution in [1.82, 2.24) is 0 Å². The highest BCUT2D eigenvalue weighted by atomic mass is 32.2. The lowest BCUT2D eigenvalue weighted by Crippen LogP contribution is -2.29. The number of hydrogen-bond acceptors (Lipinski definition) is 6. The normalized spacial score (nSPS) is 13.2. The number of halogens is 3. The SMILES string of the molecule is CCOC=O.Cc1ccc2cc(C)c(C(C)OC(C)(C)C)c(OS(=O)(=O)C(F)(F)F)c2c1. The fraction of sp³-hybridized carbons (Fsp3) is 0.500. The van der Waals surface area contributed by atoms with Gasteiger partial charge in [0.05, 0.1) is 18.3 Å². The summed E-state index contributed by atoms with van der Waals surface area (Å²) in [6.45, 7) is 13.2. The van der Waals surface area contributed by atoms with Gasteiger partial charge in [-0.2, -0.15) is 21.6 Å². The smallest absolute Gasteiger partial charge is 0.468 e. The van der Waals surface area contributed by atoms with Gasteiger partial charge >= 0.3 is 15.6 Å². The second-order valence-corrected chi connectivity index (χ2v) is 9.61. The van der Waals surface area contributed by atoms with Crippen molar-refractivity contribution in [3.05, 3.63) is 41.0 Å². The van der Waals surface area contributed by atoms with Gasteiger partial charge in [0, 0.05) is 10.9 Å². The van der Waals surface area contributed by atoms with Gasteiger partial charge in [-0.25, -0.2) is 0 Å². The Labute approximate surface area is 186 Å². The number of ether oxygens (including phenoxy) is 2. The molecule has 2 aromatic rings. The molecule has 0 radical (unpaired) electrons. The van der Waals surface area contributed by atoms with E-state index < -0.39 is 27.3 Å². The van der Waals surface area contributed by atoms with Gasteiger partial charge in [0.1, 0.15) is 0 Å². The van der Waals surface area contributed by atoms with E-state index in [-0.39, 0.29) is 16.7 Å². The molecule has 180 valence electrons. The molecule has 6 nitrogen and oxygen atoms in total. The number of fused-ring (bicyclic) bond motifs is 1. The Morgan fingerprint density at radius 3 is 2.12 bits per heavy atom. The average Bonchev–Trinajstić information content (AvgIpc) is 2.60. The minimum Gasteiger partial charge on any atom is -0.468 e. The molecule has 10 heteroatoms. The molecule has 0 aliphatic heterocycles. The molecule has 2 aromatic carbocycles. The summed E-state index contributed by atoms with van der Waals surface area (Å²) < 4.78 is 77.0. The third kappa shape index (κ3) is 7.37. The van der Waals surface area contributed by atoms with Gasteiger partial charge in [-0.05, 0) is 65.5 Å². The minimum absolute atomic E-state index is 0.274. The lowest BCUT2D eigenvalue weighted by Gasteiger charge is -2.28. The lowest BCUT2D eigenvalue weighted by atomic mass is 9.95. The van der Waals surface area contributed by atoms with Crippen LogP contribution in [0.4, 0.5) is 13.2 Å². The zero-order valence-electron chi connectivity index (χ0n) is 19.2. The van der Waals surface area contributed by atoms with E-state index in [0.717, 1.165) is 5.56 Å². The first-order valence-corrected chi connectivity index (χ1v) is 11.2. The fourth-order valence-electron chi connectivity index (χ4n) is 3.04. The molecule has 2 rings (SSSR count). The van der Waals surface area contributed by atoms with Crippen molar-refractivity contribution in [3.8, 4) is 5.75 Å². The number of rotatable bonds is 6. The van der Waals surface area contributed by atoms with E-state index >= 15 is 0 Å². The molecule has 0 aliphatic rings. The molecule has 32 heavy (non-hydrogen) atoms. The number of alkyl halides is 3. The molecule has 0 aromatic heterocycles. The van der Waals surface area contributed by atoms with Crippen LogP contribution in [0.2, 0.25) is 0 Å². The van der Waals surface area contributed by atoms with E-state index in [1.54, 1.807) is 72.7 Å². The maximum Gasteiger partial charge on any atom is 0.534 e. The summed E-state index contributed by atoms with van der Waals surface area (Å²) in [7, 11) is -5.83. The number of aryl methyl sites for hydroxylation is 2. The standard InChI is InChI=1S/C19H23F3O4S.C3H6O2/c1-11-7-8-14-10-12(2)16(13(3)25-18(4,5)6)17(15(14)9-11)26-27(23,24)19(20,21)22;1-2-5-3-4/h7-10,13H,1-6H3;3H,2H2,1H3. The summed E-state index contributed by atoms with van der Waals surface area (Å²) in [5.41, 5.74) is -4.51. The highest BCUT2D eigenvalue weighted by Gasteiger charge is 2.49. The summed E-state index contributed by atoms with van der Waals surface area (Å²) in [6.07, 6.45) is -0.687. The zero-order chi connectivity index (χ0) is 24.9. The van der Waals surface area contributed by atoms with E-state index in [0.29, 0.717) is 24.0 Å². The highest BCUT2D eigenvalue weighted by molar-refractivity contribution is 7.88. The van der Waals surface area contributed by atoms with Gasteiger partial charge in [-0.1, -0.05) is 23.8 Å². The second-order valence-electron chi connectivity index (χ2n) is 8.07. The predicted octanol–water partition coefficient (Wildman–Crippen LogP) is 5.74. The van der Waals surface area contributed by atoms with Crippen molar-refractivity contribution in [2.75, 3.05) is 6.61 Å². The molecule has 0 amide bonds. The van der Waals surface area contributed by atoms with Crippen LogP contribution in [0, 0.1) is 13.8 Å². The molecule has 1 unspecified atom stereocenters. The summed E-state index contributed by atoms with van der Waals surface area (Å²) in [6, 6.07) is 6.88. The first-order valence-electron chi connectivity index (χ1n) is 9.81. The molecule has 0 bridgehead atoms. The van der Waals surface area contributed by atoms with Gasteiger partial charge < -0.3 is 13.7 Å². The van der Waals surface area contributed by atoms with Crippen LogP contribution in [-0.4, -0.2) is 32.6 Å². The number of hydrogen-bond donors (Lipinski definition) is 0. The van der Waals surface area contributed by atoms with Crippen LogP contribution < -0.4 is 4.18 Å². The number of carbonyl (C=O) groups excluding carboxylic acids is 1. The average molecular weight is 479 g/mol. The van der Waals surface area contributed by atoms with Gasteiger partial charge in [-0.15, -0.1) is 0 Å². The van der Waals surface area contributed by atoms with Crippen LogP contribution >= 0.6 is 0 Å². The summed E-state index contributed by atoms with van der Waals surface area (Å²) in [4.78, 5) is 9.18. The lowest BCUT2D eigenvalue weighted by molar-refractivity contribution is -0.128. The molecule has 0 spiro atoms. The van der Waals surface area contributed by atoms with E-state index in [9.17, 15) is 26.4 Å². The van der Waals surface area contributed by atoms with Crippen LogP contribution in [0.15, 0.2) is 24.3 Å². The fourth-order valence-corrected chi connectivity index (χ4v) is 3.53. The Hall–Kier alpha value is -2.33.